The van der Waals surface area contributed by atoms with Crippen LogP contribution in [0.2, 0.25) is 0 Å². The standard InChI is InChI=1S/C18H19F3N2O5/c1-17(2)27-15(24)12(16(25)28-17)10-22-14-4-3-11(9-13(14)18(19,20)21)23-5-7-26-8-6-23/h3-4,9-10,22H,5-8H2,1-2H3. The van der Waals surface area contributed by atoms with Gasteiger partial charge in [0, 0.05) is 38.8 Å². The molecule has 152 valence electrons. The van der Waals surface area contributed by atoms with E-state index in [-0.39, 0.29) is 5.69 Å². The average Bonchev–Trinajstić information content (AvgIpc) is 2.60. The molecule has 0 saturated carbocycles. The van der Waals surface area contributed by atoms with E-state index in [4.69, 9.17) is 14.2 Å². The number of esters is 2. The summed E-state index contributed by atoms with van der Waals surface area (Å²) in [5.74, 6) is -3.39. The molecule has 0 atom stereocenters. The molecule has 3 rings (SSSR count). The van der Waals surface area contributed by atoms with Gasteiger partial charge in [-0.25, -0.2) is 9.59 Å². The van der Waals surface area contributed by atoms with Gasteiger partial charge in [0.05, 0.1) is 24.5 Å². The number of hydrogen-bond donors (Lipinski definition) is 1. The minimum Gasteiger partial charge on any atom is -0.419 e. The molecule has 0 aromatic heterocycles. The van der Waals surface area contributed by atoms with Crippen molar-refractivity contribution in [2.24, 2.45) is 0 Å². The third kappa shape index (κ3) is 4.38. The number of rotatable bonds is 3. The number of benzene rings is 1. The van der Waals surface area contributed by atoms with Crippen LogP contribution in [-0.2, 0) is 30.0 Å². The normalized spacial score (nSPS) is 19.8. The fraction of sp³-hybridized carbons (Fsp3) is 0.444. The van der Waals surface area contributed by atoms with E-state index in [1.54, 1.807) is 4.90 Å². The fourth-order valence-corrected chi connectivity index (χ4v) is 2.84. The van der Waals surface area contributed by atoms with Crippen LogP contribution in [0.25, 0.3) is 0 Å². The first-order valence-corrected chi connectivity index (χ1v) is 8.54. The quantitative estimate of drug-likeness (QED) is 0.475. The van der Waals surface area contributed by atoms with Crippen LogP contribution in [0.3, 0.4) is 0 Å². The lowest BCUT2D eigenvalue weighted by molar-refractivity contribution is -0.222. The van der Waals surface area contributed by atoms with Crippen molar-refractivity contribution in [2.45, 2.75) is 25.8 Å². The Hall–Kier alpha value is -2.75. The zero-order chi connectivity index (χ0) is 20.5. The lowest BCUT2D eigenvalue weighted by Gasteiger charge is -2.30. The van der Waals surface area contributed by atoms with E-state index in [2.05, 4.69) is 5.32 Å². The third-order valence-corrected chi connectivity index (χ3v) is 4.17. The fourth-order valence-electron chi connectivity index (χ4n) is 2.84. The third-order valence-electron chi connectivity index (χ3n) is 4.17. The highest BCUT2D eigenvalue weighted by atomic mass is 19.4. The average molecular weight is 400 g/mol. The highest BCUT2D eigenvalue weighted by Gasteiger charge is 2.39. The molecule has 0 spiro atoms. The number of carbonyl (C=O) groups excluding carboxylic acids is 2. The van der Waals surface area contributed by atoms with Gasteiger partial charge < -0.3 is 24.4 Å². The van der Waals surface area contributed by atoms with Crippen molar-refractivity contribution in [3.8, 4) is 0 Å². The molecular weight excluding hydrogens is 381 g/mol. The van der Waals surface area contributed by atoms with E-state index in [1.807, 2.05) is 0 Å². The molecule has 28 heavy (non-hydrogen) atoms. The summed E-state index contributed by atoms with van der Waals surface area (Å²) in [6.07, 6.45) is -3.78. The topological polar surface area (TPSA) is 77.1 Å². The molecule has 1 aromatic carbocycles. The Morgan fingerprint density at radius 3 is 2.29 bits per heavy atom. The zero-order valence-electron chi connectivity index (χ0n) is 15.3. The lowest BCUT2D eigenvalue weighted by atomic mass is 10.1. The molecule has 2 heterocycles. The first-order chi connectivity index (χ1) is 13.1. The summed E-state index contributed by atoms with van der Waals surface area (Å²) < 4.78 is 55.6. The second-order valence-electron chi connectivity index (χ2n) is 6.71. The van der Waals surface area contributed by atoms with Gasteiger partial charge >= 0.3 is 18.1 Å². The molecule has 2 aliphatic heterocycles. The number of hydrogen-bond acceptors (Lipinski definition) is 7. The first kappa shape index (κ1) is 20.0. The lowest BCUT2D eigenvalue weighted by Crippen LogP contribution is -2.42. The van der Waals surface area contributed by atoms with Crippen molar-refractivity contribution in [2.75, 3.05) is 36.5 Å². The van der Waals surface area contributed by atoms with Gasteiger partial charge in [-0.05, 0) is 18.2 Å². The molecule has 2 fully saturated rings. The summed E-state index contributed by atoms with van der Waals surface area (Å²) in [5, 5.41) is 2.38. The number of nitrogens with zero attached hydrogens (tertiary/aromatic N) is 1. The zero-order valence-corrected chi connectivity index (χ0v) is 15.3. The Kier molecular flexibility index (Phi) is 5.24. The van der Waals surface area contributed by atoms with Crippen LogP contribution in [0, 0.1) is 0 Å². The molecule has 2 saturated heterocycles. The highest BCUT2D eigenvalue weighted by Crippen LogP contribution is 2.37. The molecular formula is C18H19F3N2O5. The van der Waals surface area contributed by atoms with Crippen LogP contribution in [0.15, 0.2) is 30.0 Å². The van der Waals surface area contributed by atoms with E-state index < -0.39 is 35.0 Å². The maximum atomic E-state index is 13.5. The van der Waals surface area contributed by atoms with Crippen LogP contribution < -0.4 is 10.2 Å². The van der Waals surface area contributed by atoms with Crippen LogP contribution in [0.1, 0.15) is 19.4 Å². The summed E-state index contributed by atoms with van der Waals surface area (Å²) in [5.41, 5.74) is -1.34. The summed E-state index contributed by atoms with van der Waals surface area (Å²) >= 11 is 0. The van der Waals surface area contributed by atoms with Crippen molar-refractivity contribution in [3.63, 3.8) is 0 Å². The first-order valence-electron chi connectivity index (χ1n) is 8.54. The van der Waals surface area contributed by atoms with E-state index in [9.17, 15) is 22.8 Å². The van der Waals surface area contributed by atoms with Crippen molar-refractivity contribution in [1.29, 1.82) is 0 Å². The Balaban J connectivity index is 1.87. The van der Waals surface area contributed by atoms with Gasteiger partial charge in [-0.2, -0.15) is 13.2 Å². The summed E-state index contributed by atoms with van der Waals surface area (Å²) in [4.78, 5) is 25.6. The second kappa shape index (κ2) is 7.34. The van der Waals surface area contributed by atoms with Crippen molar-refractivity contribution >= 4 is 23.3 Å². The van der Waals surface area contributed by atoms with Gasteiger partial charge in [0.25, 0.3) is 5.79 Å². The van der Waals surface area contributed by atoms with Gasteiger partial charge in [-0.3, -0.25) is 0 Å². The number of carbonyl (C=O) groups is 2. The molecule has 0 amide bonds. The number of morpholine rings is 1. The Morgan fingerprint density at radius 2 is 1.71 bits per heavy atom. The Morgan fingerprint density at radius 1 is 1.11 bits per heavy atom. The minimum atomic E-state index is -4.64. The molecule has 0 bridgehead atoms. The van der Waals surface area contributed by atoms with Crippen molar-refractivity contribution < 1.29 is 37.0 Å². The SMILES string of the molecule is CC1(C)OC(=O)C(=CNc2ccc(N3CCOCC3)cc2C(F)(F)F)C(=O)O1. The highest BCUT2D eigenvalue weighted by molar-refractivity contribution is 6.15. The molecule has 0 radical (unpaired) electrons. The molecule has 2 aliphatic rings. The number of cyclic esters (lactones) is 2. The van der Waals surface area contributed by atoms with Gasteiger partial charge in [0.2, 0.25) is 0 Å². The minimum absolute atomic E-state index is 0.303. The van der Waals surface area contributed by atoms with Crippen molar-refractivity contribution in [3.05, 3.63) is 35.5 Å². The van der Waals surface area contributed by atoms with E-state index in [1.165, 1.54) is 26.0 Å². The molecule has 10 heteroatoms. The molecule has 0 aliphatic carbocycles. The van der Waals surface area contributed by atoms with E-state index in [0.717, 1.165) is 12.3 Å². The Labute approximate surface area is 159 Å². The van der Waals surface area contributed by atoms with Gasteiger partial charge in [0.1, 0.15) is 0 Å². The summed E-state index contributed by atoms with van der Waals surface area (Å²) in [6.45, 7) is 4.60. The van der Waals surface area contributed by atoms with Crippen molar-refractivity contribution in [1.82, 2.24) is 0 Å². The number of ether oxygens (including phenoxy) is 3. The predicted octanol–water partition coefficient (Wildman–Crippen LogP) is 2.67. The maximum absolute atomic E-state index is 13.5. The maximum Gasteiger partial charge on any atom is 0.418 e. The number of alkyl halides is 3. The monoisotopic (exact) mass is 400 g/mol. The van der Waals surface area contributed by atoms with Crippen LogP contribution in [0.5, 0.6) is 0 Å². The van der Waals surface area contributed by atoms with Gasteiger partial charge in [0.15, 0.2) is 5.57 Å². The summed E-state index contributed by atoms with van der Waals surface area (Å²) in [6, 6.07) is 3.79. The molecule has 7 nitrogen and oxygen atoms in total. The number of nitrogens with one attached hydrogen (secondary N) is 1. The number of anilines is 2. The van der Waals surface area contributed by atoms with Crippen LogP contribution in [0.4, 0.5) is 24.5 Å². The van der Waals surface area contributed by atoms with E-state index >= 15 is 0 Å². The van der Waals surface area contributed by atoms with Crippen LogP contribution >= 0.6 is 0 Å². The smallest absolute Gasteiger partial charge is 0.418 e. The largest absolute Gasteiger partial charge is 0.419 e. The second-order valence-corrected chi connectivity index (χ2v) is 6.71. The predicted molar refractivity (Wildman–Crippen MR) is 92.4 cm³/mol. The number of halogens is 3. The molecule has 1 N–H and O–H groups in total. The van der Waals surface area contributed by atoms with Gasteiger partial charge in [-0.1, -0.05) is 0 Å². The van der Waals surface area contributed by atoms with E-state index in [0.29, 0.717) is 32.0 Å². The van der Waals surface area contributed by atoms with Crippen LogP contribution in [-0.4, -0.2) is 44.0 Å². The van der Waals surface area contributed by atoms with Gasteiger partial charge in [-0.15, -0.1) is 0 Å². The molecule has 1 aromatic rings. The summed E-state index contributed by atoms with van der Waals surface area (Å²) in [7, 11) is 0. The molecule has 0 unspecified atom stereocenters. The Bertz CT molecular complexity index is 792.